The molecule has 4 aromatic rings. The van der Waals surface area contributed by atoms with Gasteiger partial charge in [0.2, 0.25) is 5.91 Å². The molecule has 1 amide bonds. The first kappa shape index (κ1) is 21.4. The Kier molecular flexibility index (Phi) is 6.13. The molecule has 1 aromatic heterocycles. The van der Waals surface area contributed by atoms with E-state index in [0.29, 0.717) is 5.75 Å². The highest BCUT2D eigenvalue weighted by Gasteiger charge is 2.15. The highest BCUT2D eigenvalue weighted by Crippen LogP contribution is 2.37. The number of allylic oxidation sites excluding steroid dienone is 1. The molecule has 0 aliphatic carbocycles. The molecule has 0 atom stereocenters. The molecule has 0 spiro atoms. The van der Waals surface area contributed by atoms with Crippen molar-refractivity contribution in [3.05, 3.63) is 89.7 Å². The smallest absolute Gasteiger partial charge is 0.248 e. The molecule has 1 N–H and O–H groups in total. The summed E-state index contributed by atoms with van der Waals surface area (Å²) in [7, 11) is 1.62. The van der Waals surface area contributed by atoms with Crippen molar-refractivity contribution >= 4 is 28.1 Å². The Balaban J connectivity index is 1.71. The lowest BCUT2D eigenvalue weighted by molar-refractivity contribution is -0.111. The average Bonchev–Trinajstić information content (AvgIpc) is 3.21. The minimum absolute atomic E-state index is 0.170. The summed E-state index contributed by atoms with van der Waals surface area (Å²) in [5, 5.41) is 3.98. The summed E-state index contributed by atoms with van der Waals surface area (Å²) < 4.78 is 11.4. The number of hydrogen-bond acceptors (Lipinski definition) is 3. The number of para-hydroxylation sites is 1. The van der Waals surface area contributed by atoms with Crippen LogP contribution in [0.1, 0.15) is 30.5 Å². The van der Waals surface area contributed by atoms with Gasteiger partial charge in [0.25, 0.3) is 0 Å². The molecule has 0 bridgehead atoms. The van der Waals surface area contributed by atoms with Crippen LogP contribution < -0.4 is 10.1 Å². The number of fused-ring (bicyclic) bond motifs is 1. The monoisotopic (exact) mass is 425 g/mol. The third kappa shape index (κ3) is 4.30. The molecule has 0 radical (unpaired) electrons. The van der Waals surface area contributed by atoms with Gasteiger partial charge < -0.3 is 14.5 Å². The third-order valence-electron chi connectivity index (χ3n) is 5.69. The molecule has 4 nitrogen and oxygen atoms in total. The fraction of sp³-hybridized carbons (Fsp3) is 0.179. The maximum absolute atomic E-state index is 12.8. The summed E-state index contributed by atoms with van der Waals surface area (Å²) in [5.41, 5.74) is 7.66. The molecule has 0 saturated heterocycles. The largest absolute Gasteiger partial charge is 0.496 e. The zero-order valence-electron chi connectivity index (χ0n) is 18.9. The van der Waals surface area contributed by atoms with E-state index in [0.717, 1.165) is 50.9 Å². The first-order valence-corrected chi connectivity index (χ1v) is 10.7. The van der Waals surface area contributed by atoms with Crippen molar-refractivity contribution < 1.29 is 13.9 Å². The zero-order chi connectivity index (χ0) is 22.7. The van der Waals surface area contributed by atoms with E-state index in [1.54, 1.807) is 19.4 Å². The molecule has 3 aromatic carbocycles. The van der Waals surface area contributed by atoms with Crippen LogP contribution in [-0.4, -0.2) is 13.0 Å². The van der Waals surface area contributed by atoms with E-state index in [4.69, 9.17) is 9.15 Å². The van der Waals surface area contributed by atoms with Crippen LogP contribution >= 0.6 is 0 Å². The summed E-state index contributed by atoms with van der Waals surface area (Å²) in [6.45, 7) is 6.06. The number of benzene rings is 3. The van der Waals surface area contributed by atoms with Gasteiger partial charge in [-0.1, -0.05) is 55.0 Å². The number of hydrogen-bond donors (Lipinski definition) is 1. The Morgan fingerprint density at radius 2 is 1.84 bits per heavy atom. The van der Waals surface area contributed by atoms with Crippen LogP contribution in [0.3, 0.4) is 0 Å². The van der Waals surface area contributed by atoms with Crippen molar-refractivity contribution in [2.45, 2.75) is 27.2 Å². The van der Waals surface area contributed by atoms with Crippen molar-refractivity contribution in [2.24, 2.45) is 0 Å². The summed E-state index contributed by atoms with van der Waals surface area (Å²) >= 11 is 0. The summed E-state index contributed by atoms with van der Waals surface area (Å²) in [6, 6.07) is 20.1. The summed E-state index contributed by atoms with van der Waals surface area (Å²) in [5.74, 6) is 0.495. The normalized spacial score (nSPS) is 11.6. The maximum Gasteiger partial charge on any atom is 0.248 e. The highest BCUT2D eigenvalue weighted by atomic mass is 16.5. The van der Waals surface area contributed by atoms with E-state index < -0.39 is 0 Å². The molecule has 0 unspecified atom stereocenters. The molecule has 162 valence electrons. The number of aryl methyl sites for hydroxylation is 2. The summed E-state index contributed by atoms with van der Waals surface area (Å²) in [6.07, 6.45) is 4.24. The number of furan rings is 1. The number of anilines is 1. The molecule has 1 heterocycles. The number of methoxy groups -OCH3 is 1. The SMILES string of the molecule is CCc1ccccc1NC(=O)/C=C(\C)c1cc2c(-c3ccc(C)cc3)coc2cc1OC. The van der Waals surface area contributed by atoms with Crippen LogP contribution in [0.4, 0.5) is 5.69 Å². The summed E-state index contributed by atoms with van der Waals surface area (Å²) in [4.78, 5) is 12.8. The topological polar surface area (TPSA) is 51.5 Å². The van der Waals surface area contributed by atoms with Gasteiger partial charge in [-0.05, 0) is 49.1 Å². The molecule has 0 saturated carbocycles. The van der Waals surface area contributed by atoms with Gasteiger partial charge in [0, 0.05) is 34.3 Å². The molecule has 0 aliphatic heterocycles. The fourth-order valence-electron chi connectivity index (χ4n) is 3.88. The molecular weight excluding hydrogens is 398 g/mol. The number of nitrogens with one attached hydrogen (secondary N) is 1. The Morgan fingerprint density at radius 3 is 2.56 bits per heavy atom. The van der Waals surface area contributed by atoms with Crippen molar-refractivity contribution in [1.29, 1.82) is 0 Å². The average molecular weight is 426 g/mol. The van der Waals surface area contributed by atoms with E-state index in [9.17, 15) is 4.79 Å². The standard InChI is InChI=1S/C28H27NO3/c1-5-20-8-6-7-9-25(20)29-28(30)14-19(3)22-15-23-24(21-12-10-18(2)11-13-21)17-32-27(23)16-26(22)31-4/h6-17H,5H2,1-4H3,(H,29,30)/b19-14+. The van der Waals surface area contributed by atoms with E-state index >= 15 is 0 Å². The minimum atomic E-state index is -0.170. The Hall–Kier alpha value is -3.79. The first-order valence-electron chi connectivity index (χ1n) is 10.7. The van der Waals surface area contributed by atoms with Crippen molar-refractivity contribution in [3.8, 4) is 16.9 Å². The van der Waals surface area contributed by atoms with Crippen molar-refractivity contribution in [2.75, 3.05) is 12.4 Å². The molecular formula is C28H27NO3. The number of amides is 1. The van der Waals surface area contributed by atoms with Crippen molar-refractivity contribution in [1.82, 2.24) is 0 Å². The van der Waals surface area contributed by atoms with E-state index in [2.05, 4.69) is 43.4 Å². The maximum atomic E-state index is 12.8. The molecule has 4 heteroatoms. The minimum Gasteiger partial charge on any atom is -0.496 e. The van der Waals surface area contributed by atoms with Gasteiger partial charge in [-0.2, -0.15) is 0 Å². The quantitative estimate of drug-likeness (QED) is 0.338. The second-order valence-corrected chi connectivity index (χ2v) is 7.89. The van der Waals surface area contributed by atoms with E-state index in [1.165, 1.54) is 5.56 Å². The van der Waals surface area contributed by atoms with Gasteiger partial charge >= 0.3 is 0 Å². The molecule has 32 heavy (non-hydrogen) atoms. The van der Waals surface area contributed by atoms with Crippen LogP contribution in [0.2, 0.25) is 0 Å². The molecule has 0 fully saturated rings. The first-order chi connectivity index (χ1) is 15.5. The molecule has 0 aliphatic rings. The number of ether oxygens (including phenoxy) is 1. The van der Waals surface area contributed by atoms with Gasteiger partial charge in [-0.25, -0.2) is 0 Å². The Bertz CT molecular complexity index is 1300. The van der Waals surface area contributed by atoms with E-state index in [-0.39, 0.29) is 5.91 Å². The molecule has 4 rings (SSSR count). The van der Waals surface area contributed by atoms with Crippen LogP contribution in [-0.2, 0) is 11.2 Å². The Labute approximate surface area is 188 Å². The second kappa shape index (κ2) is 9.15. The van der Waals surface area contributed by atoms with Crippen LogP contribution in [0.25, 0.3) is 27.7 Å². The number of carbonyl (C=O) groups is 1. The second-order valence-electron chi connectivity index (χ2n) is 7.89. The zero-order valence-corrected chi connectivity index (χ0v) is 18.9. The predicted molar refractivity (Wildman–Crippen MR) is 131 cm³/mol. The van der Waals surface area contributed by atoms with Gasteiger partial charge in [0.1, 0.15) is 11.3 Å². The van der Waals surface area contributed by atoms with Gasteiger partial charge in [0.15, 0.2) is 0 Å². The van der Waals surface area contributed by atoms with Gasteiger partial charge in [-0.15, -0.1) is 0 Å². The number of carbonyl (C=O) groups excluding carboxylic acids is 1. The van der Waals surface area contributed by atoms with Gasteiger partial charge in [-0.3, -0.25) is 4.79 Å². The lowest BCUT2D eigenvalue weighted by Crippen LogP contribution is -2.10. The third-order valence-corrected chi connectivity index (χ3v) is 5.69. The number of rotatable bonds is 6. The lowest BCUT2D eigenvalue weighted by atomic mass is 9.98. The highest BCUT2D eigenvalue weighted by molar-refractivity contribution is 6.05. The predicted octanol–water partition coefficient (Wildman–Crippen LogP) is 7.02. The lowest BCUT2D eigenvalue weighted by Gasteiger charge is -2.11. The van der Waals surface area contributed by atoms with Crippen LogP contribution in [0, 0.1) is 6.92 Å². The van der Waals surface area contributed by atoms with Crippen LogP contribution in [0.15, 0.2) is 77.4 Å². The Morgan fingerprint density at radius 1 is 1.09 bits per heavy atom. The van der Waals surface area contributed by atoms with Gasteiger partial charge in [0.05, 0.1) is 13.4 Å². The van der Waals surface area contributed by atoms with Crippen LogP contribution in [0.5, 0.6) is 5.75 Å². The van der Waals surface area contributed by atoms with E-state index in [1.807, 2.05) is 43.3 Å². The fourth-order valence-corrected chi connectivity index (χ4v) is 3.88. The van der Waals surface area contributed by atoms with Crippen molar-refractivity contribution in [3.63, 3.8) is 0 Å².